The van der Waals surface area contributed by atoms with Gasteiger partial charge in [-0.3, -0.25) is 14.5 Å². The molecule has 0 aromatic carbocycles. The number of fused-ring (bicyclic) bond motifs is 3. The molecule has 0 saturated carbocycles. The third-order valence-electron chi connectivity index (χ3n) is 4.79. The molecule has 2 atom stereocenters. The zero-order valence-electron chi connectivity index (χ0n) is 13.3. The highest BCUT2D eigenvalue weighted by molar-refractivity contribution is 5.00. The van der Waals surface area contributed by atoms with Gasteiger partial charge in [0, 0.05) is 57.8 Å². The minimum atomic E-state index is 0.470. The van der Waals surface area contributed by atoms with Gasteiger partial charge in [-0.05, 0) is 13.0 Å². The smallest absolute Gasteiger partial charge is 0.138 e. The monoisotopic (exact) mass is 292 g/mol. The molecule has 1 N–H and O–H groups in total. The lowest BCUT2D eigenvalue weighted by Crippen LogP contribution is -2.66. The molecule has 4 heterocycles. The van der Waals surface area contributed by atoms with E-state index in [-0.39, 0.29) is 0 Å². The number of aromatic nitrogens is 3. The van der Waals surface area contributed by atoms with Gasteiger partial charge in [0.05, 0.1) is 0 Å². The molecule has 0 spiro atoms. The van der Waals surface area contributed by atoms with Gasteiger partial charge in [-0.1, -0.05) is 13.8 Å². The zero-order chi connectivity index (χ0) is 14.7. The van der Waals surface area contributed by atoms with Crippen LogP contribution in [-0.4, -0.2) is 75.9 Å². The van der Waals surface area contributed by atoms with Gasteiger partial charge in [-0.15, -0.1) is 0 Å². The summed E-state index contributed by atoms with van der Waals surface area (Å²) in [6.45, 7) is 12.5. The summed E-state index contributed by atoms with van der Waals surface area (Å²) in [4.78, 5) is 9.76. The minimum absolute atomic E-state index is 0.470. The number of piperazine rings is 3. The maximum Gasteiger partial charge on any atom is 0.138 e. The van der Waals surface area contributed by atoms with Gasteiger partial charge in [-0.25, -0.2) is 4.98 Å². The van der Waals surface area contributed by atoms with E-state index in [9.17, 15) is 0 Å². The van der Waals surface area contributed by atoms with Gasteiger partial charge < -0.3 is 5.32 Å². The van der Waals surface area contributed by atoms with Crippen LogP contribution in [0.1, 0.15) is 26.1 Å². The van der Waals surface area contributed by atoms with Gasteiger partial charge in [0.2, 0.25) is 0 Å². The van der Waals surface area contributed by atoms with E-state index in [1.54, 1.807) is 6.33 Å². The number of hydrogen-bond acceptors (Lipinski definition) is 5. The molecule has 2 unspecified atom stereocenters. The Balaban J connectivity index is 1.70. The Kier molecular flexibility index (Phi) is 4.87. The third kappa shape index (κ3) is 3.27. The van der Waals surface area contributed by atoms with Crippen molar-refractivity contribution in [3.8, 4) is 0 Å². The summed E-state index contributed by atoms with van der Waals surface area (Å²) in [6.07, 6.45) is 3.78. The number of rotatable bonds is 7. The first-order chi connectivity index (χ1) is 10.3. The van der Waals surface area contributed by atoms with Crippen molar-refractivity contribution < 1.29 is 0 Å². The molecule has 4 rings (SSSR count). The van der Waals surface area contributed by atoms with Crippen LogP contribution in [0.2, 0.25) is 0 Å². The molecule has 2 bridgehead atoms. The second-order valence-corrected chi connectivity index (χ2v) is 6.17. The maximum absolute atomic E-state index is 4.49. The van der Waals surface area contributed by atoms with Gasteiger partial charge in [0.1, 0.15) is 12.2 Å². The molecule has 1 aromatic heterocycles. The number of nitrogens with zero attached hydrogens (tertiary/aromatic N) is 5. The number of aryl methyl sites for hydroxylation is 1. The van der Waals surface area contributed by atoms with Crippen molar-refractivity contribution in [1.29, 1.82) is 0 Å². The standard InChI is InChI=1S/C15H28N6/c1-3-5-21-15(17-12-18-21)10-13(16-4-2)14-11-19-6-8-20(14)9-7-19/h12-14,16H,3-11H2,1-2H3. The van der Waals surface area contributed by atoms with Crippen LogP contribution in [0.3, 0.4) is 0 Å². The van der Waals surface area contributed by atoms with Crippen LogP contribution in [0.25, 0.3) is 0 Å². The minimum Gasteiger partial charge on any atom is -0.312 e. The van der Waals surface area contributed by atoms with Crippen molar-refractivity contribution in [2.75, 3.05) is 39.3 Å². The van der Waals surface area contributed by atoms with Crippen LogP contribution < -0.4 is 5.32 Å². The topological polar surface area (TPSA) is 49.2 Å². The summed E-state index contributed by atoms with van der Waals surface area (Å²) >= 11 is 0. The number of nitrogens with one attached hydrogen (secondary N) is 1. The van der Waals surface area contributed by atoms with E-state index in [4.69, 9.17) is 0 Å². The molecule has 3 aliphatic heterocycles. The number of likely N-dealkylation sites (N-methyl/N-ethyl adjacent to an activating group) is 1. The van der Waals surface area contributed by atoms with Crippen LogP contribution in [0.4, 0.5) is 0 Å². The molecule has 0 amide bonds. The zero-order valence-corrected chi connectivity index (χ0v) is 13.3. The van der Waals surface area contributed by atoms with Crippen LogP contribution in [0, 0.1) is 0 Å². The largest absolute Gasteiger partial charge is 0.312 e. The second kappa shape index (κ2) is 6.85. The van der Waals surface area contributed by atoms with Crippen molar-refractivity contribution in [1.82, 2.24) is 29.9 Å². The lowest BCUT2D eigenvalue weighted by Gasteiger charge is -2.50. The molecule has 21 heavy (non-hydrogen) atoms. The molecule has 3 aliphatic rings. The van der Waals surface area contributed by atoms with E-state index in [1.165, 1.54) is 32.7 Å². The van der Waals surface area contributed by atoms with Crippen molar-refractivity contribution >= 4 is 0 Å². The predicted molar refractivity (Wildman–Crippen MR) is 83.3 cm³/mol. The van der Waals surface area contributed by atoms with Crippen molar-refractivity contribution in [2.24, 2.45) is 0 Å². The Morgan fingerprint density at radius 2 is 2.10 bits per heavy atom. The normalized spacial score (nSPS) is 29.7. The molecule has 1 aromatic rings. The van der Waals surface area contributed by atoms with E-state index in [0.717, 1.165) is 31.8 Å². The summed E-state index contributed by atoms with van der Waals surface area (Å²) in [7, 11) is 0. The van der Waals surface area contributed by atoms with Gasteiger partial charge >= 0.3 is 0 Å². The van der Waals surface area contributed by atoms with E-state index in [1.807, 2.05) is 0 Å². The Morgan fingerprint density at radius 1 is 1.29 bits per heavy atom. The highest BCUT2D eigenvalue weighted by atomic mass is 15.4. The van der Waals surface area contributed by atoms with E-state index >= 15 is 0 Å². The SMILES string of the molecule is CCCn1ncnc1CC(NCC)C1CN2CCN1CC2. The third-order valence-corrected chi connectivity index (χ3v) is 4.79. The highest BCUT2D eigenvalue weighted by Crippen LogP contribution is 2.20. The summed E-state index contributed by atoms with van der Waals surface area (Å²) in [6, 6.07) is 1.08. The molecule has 0 aliphatic carbocycles. The first-order valence-corrected chi connectivity index (χ1v) is 8.38. The fourth-order valence-corrected chi connectivity index (χ4v) is 3.69. The van der Waals surface area contributed by atoms with Crippen molar-refractivity contribution in [3.05, 3.63) is 12.2 Å². The predicted octanol–water partition coefficient (Wildman–Crippen LogP) is 0.209. The first-order valence-electron chi connectivity index (χ1n) is 8.38. The lowest BCUT2D eigenvalue weighted by molar-refractivity contribution is -0.00330. The molecule has 6 nitrogen and oxygen atoms in total. The summed E-state index contributed by atoms with van der Waals surface area (Å²) in [5.41, 5.74) is 0. The lowest BCUT2D eigenvalue weighted by atomic mass is 9.97. The summed E-state index contributed by atoms with van der Waals surface area (Å²) in [5.74, 6) is 1.13. The quantitative estimate of drug-likeness (QED) is 0.778. The molecule has 0 radical (unpaired) electrons. The molecular formula is C15H28N6. The molecular weight excluding hydrogens is 264 g/mol. The fraction of sp³-hybridized carbons (Fsp3) is 0.867. The first kappa shape index (κ1) is 14.9. The van der Waals surface area contributed by atoms with E-state index < -0.39 is 0 Å². The van der Waals surface area contributed by atoms with Gasteiger partial charge in [0.15, 0.2) is 0 Å². The maximum atomic E-state index is 4.49. The van der Waals surface area contributed by atoms with Crippen LogP contribution in [-0.2, 0) is 13.0 Å². The molecule has 118 valence electrons. The van der Waals surface area contributed by atoms with Gasteiger partial charge in [-0.2, -0.15) is 5.10 Å². The average molecular weight is 292 g/mol. The Bertz CT molecular complexity index is 437. The number of hydrogen-bond donors (Lipinski definition) is 1. The Labute approximate surface area is 127 Å². The summed E-state index contributed by atoms with van der Waals surface area (Å²) < 4.78 is 2.07. The second-order valence-electron chi connectivity index (χ2n) is 6.17. The Morgan fingerprint density at radius 3 is 2.71 bits per heavy atom. The summed E-state index contributed by atoms with van der Waals surface area (Å²) in [5, 5.41) is 8.06. The van der Waals surface area contributed by atoms with Crippen LogP contribution in [0.15, 0.2) is 6.33 Å². The molecule has 3 saturated heterocycles. The van der Waals surface area contributed by atoms with Crippen molar-refractivity contribution in [3.63, 3.8) is 0 Å². The van der Waals surface area contributed by atoms with Crippen molar-refractivity contribution in [2.45, 2.75) is 45.3 Å². The van der Waals surface area contributed by atoms with Gasteiger partial charge in [0.25, 0.3) is 0 Å². The average Bonchev–Trinajstić information content (AvgIpc) is 2.95. The molecule has 6 heteroatoms. The highest BCUT2D eigenvalue weighted by Gasteiger charge is 2.36. The molecule has 3 fully saturated rings. The van der Waals surface area contributed by atoms with Crippen LogP contribution in [0.5, 0.6) is 0 Å². The Hall–Kier alpha value is -0.980. The van der Waals surface area contributed by atoms with E-state index in [0.29, 0.717) is 12.1 Å². The van der Waals surface area contributed by atoms with Crippen LogP contribution >= 0.6 is 0 Å². The van der Waals surface area contributed by atoms with E-state index in [2.05, 4.69) is 43.7 Å². The fourth-order valence-electron chi connectivity index (χ4n) is 3.69.